The lowest BCUT2D eigenvalue weighted by Gasteiger charge is -2.29. The van der Waals surface area contributed by atoms with Gasteiger partial charge in [-0.3, -0.25) is 9.78 Å². The Kier molecular flexibility index (Phi) is 4.31. The minimum atomic E-state index is 0.0982. The molecule has 2 rings (SSSR count). The SMILES string of the molecule is CC(C)N(CC1CCCN1)C(=O)c1ccncc1. The summed E-state index contributed by atoms with van der Waals surface area (Å²) in [5.74, 6) is 0.0982. The number of hydrogen-bond acceptors (Lipinski definition) is 3. The van der Waals surface area contributed by atoms with Gasteiger partial charge in [-0.15, -0.1) is 0 Å². The lowest BCUT2D eigenvalue weighted by atomic mass is 10.1. The fourth-order valence-corrected chi connectivity index (χ4v) is 2.34. The first-order chi connectivity index (χ1) is 8.68. The Balaban J connectivity index is 2.07. The summed E-state index contributed by atoms with van der Waals surface area (Å²) in [4.78, 5) is 18.3. The molecule has 2 heterocycles. The molecule has 1 aromatic heterocycles. The summed E-state index contributed by atoms with van der Waals surface area (Å²) in [6.45, 7) is 5.99. The molecule has 0 radical (unpaired) electrons. The molecule has 1 amide bonds. The zero-order chi connectivity index (χ0) is 13.0. The van der Waals surface area contributed by atoms with Crippen LogP contribution in [0.3, 0.4) is 0 Å². The Morgan fingerprint density at radius 3 is 2.78 bits per heavy atom. The predicted molar refractivity (Wildman–Crippen MR) is 71.4 cm³/mol. The number of aromatic nitrogens is 1. The van der Waals surface area contributed by atoms with Gasteiger partial charge in [0.15, 0.2) is 0 Å². The molecule has 0 aliphatic carbocycles. The van der Waals surface area contributed by atoms with Crippen molar-refractivity contribution in [3.05, 3.63) is 30.1 Å². The van der Waals surface area contributed by atoms with E-state index in [2.05, 4.69) is 24.1 Å². The molecule has 0 aromatic carbocycles. The second kappa shape index (κ2) is 5.96. The smallest absolute Gasteiger partial charge is 0.254 e. The molecule has 0 bridgehead atoms. The van der Waals surface area contributed by atoms with Crippen molar-refractivity contribution < 1.29 is 4.79 Å². The summed E-state index contributed by atoms with van der Waals surface area (Å²) in [5, 5.41) is 3.44. The van der Waals surface area contributed by atoms with Crippen molar-refractivity contribution in [2.45, 2.75) is 38.8 Å². The van der Waals surface area contributed by atoms with E-state index in [0.717, 1.165) is 25.1 Å². The molecular formula is C14H21N3O. The van der Waals surface area contributed by atoms with Crippen molar-refractivity contribution in [1.82, 2.24) is 15.2 Å². The molecule has 1 atom stereocenters. The van der Waals surface area contributed by atoms with E-state index < -0.39 is 0 Å². The summed E-state index contributed by atoms with van der Waals surface area (Å²) in [6.07, 6.45) is 5.70. The van der Waals surface area contributed by atoms with Crippen LogP contribution < -0.4 is 5.32 Å². The summed E-state index contributed by atoms with van der Waals surface area (Å²) in [5.41, 5.74) is 0.719. The highest BCUT2D eigenvalue weighted by Crippen LogP contribution is 2.12. The molecule has 0 spiro atoms. The highest BCUT2D eigenvalue weighted by atomic mass is 16.2. The van der Waals surface area contributed by atoms with Crippen LogP contribution in [-0.2, 0) is 0 Å². The first-order valence-electron chi connectivity index (χ1n) is 6.63. The van der Waals surface area contributed by atoms with E-state index in [0.29, 0.717) is 6.04 Å². The topological polar surface area (TPSA) is 45.2 Å². The Bertz CT molecular complexity index is 385. The lowest BCUT2D eigenvalue weighted by Crippen LogP contribution is -2.44. The molecule has 18 heavy (non-hydrogen) atoms. The summed E-state index contributed by atoms with van der Waals surface area (Å²) in [6, 6.07) is 4.21. The van der Waals surface area contributed by atoms with E-state index in [1.54, 1.807) is 24.5 Å². The van der Waals surface area contributed by atoms with Crippen LogP contribution in [0.4, 0.5) is 0 Å². The van der Waals surface area contributed by atoms with Crippen molar-refractivity contribution in [2.75, 3.05) is 13.1 Å². The van der Waals surface area contributed by atoms with Crippen molar-refractivity contribution in [2.24, 2.45) is 0 Å². The number of amides is 1. The summed E-state index contributed by atoms with van der Waals surface area (Å²) in [7, 11) is 0. The number of carbonyl (C=O) groups excluding carboxylic acids is 1. The number of hydrogen-bond donors (Lipinski definition) is 1. The number of rotatable bonds is 4. The van der Waals surface area contributed by atoms with E-state index in [4.69, 9.17) is 0 Å². The maximum absolute atomic E-state index is 12.4. The monoisotopic (exact) mass is 247 g/mol. The van der Waals surface area contributed by atoms with E-state index >= 15 is 0 Å². The average molecular weight is 247 g/mol. The van der Waals surface area contributed by atoms with Crippen LogP contribution >= 0.6 is 0 Å². The van der Waals surface area contributed by atoms with Gasteiger partial charge in [-0.05, 0) is 45.4 Å². The summed E-state index contributed by atoms with van der Waals surface area (Å²) >= 11 is 0. The Labute approximate surface area is 108 Å². The van der Waals surface area contributed by atoms with E-state index in [9.17, 15) is 4.79 Å². The molecule has 0 saturated carbocycles. The van der Waals surface area contributed by atoms with Gasteiger partial charge in [-0.1, -0.05) is 0 Å². The van der Waals surface area contributed by atoms with Crippen LogP contribution in [0.25, 0.3) is 0 Å². The molecule has 1 aromatic rings. The number of pyridine rings is 1. The fraction of sp³-hybridized carbons (Fsp3) is 0.571. The second-order valence-electron chi connectivity index (χ2n) is 5.08. The molecular weight excluding hydrogens is 226 g/mol. The second-order valence-corrected chi connectivity index (χ2v) is 5.08. The third-order valence-electron chi connectivity index (χ3n) is 3.39. The van der Waals surface area contributed by atoms with E-state index in [1.165, 1.54) is 6.42 Å². The molecule has 98 valence electrons. The van der Waals surface area contributed by atoms with Crippen molar-refractivity contribution in [3.8, 4) is 0 Å². The first kappa shape index (κ1) is 13.0. The molecule has 1 saturated heterocycles. The van der Waals surface area contributed by atoms with Crippen LogP contribution in [0.15, 0.2) is 24.5 Å². The average Bonchev–Trinajstić information content (AvgIpc) is 2.89. The van der Waals surface area contributed by atoms with Gasteiger partial charge >= 0.3 is 0 Å². The van der Waals surface area contributed by atoms with Gasteiger partial charge < -0.3 is 10.2 Å². The van der Waals surface area contributed by atoms with Crippen LogP contribution in [0.5, 0.6) is 0 Å². The molecule has 1 unspecified atom stereocenters. The van der Waals surface area contributed by atoms with Gasteiger partial charge in [0.1, 0.15) is 0 Å². The summed E-state index contributed by atoms with van der Waals surface area (Å²) < 4.78 is 0. The van der Waals surface area contributed by atoms with Crippen LogP contribution in [-0.4, -0.2) is 41.0 Å². The van der Waals surface area contributed by atoms with Gasteiger partial charge in [0, 0.05) is 36.6 Å². The standard InChI is InChI=1S/C14H21N3O/c1-11(2)17(10-13-4-3-7-16-13)14(18)12-5-8-15-9-6-12/h5-6,8-9,11,13,16H,3-4,7,10H2,1-2H3. The van der Waals surface area contributed by atoms with Gasteiger partial charge in [0.2, 0.25) is 0 Å². The molecule has 4 heteroatoms. The van der Waals surface area contributed by atoms with E-state index in [1.807, 2.05) is 4.90 Å². The first-order valence-corrected chi connectivity index (χ1v) is 6.63. The minimum absolute atomic E-state index is 0.0982. The lowest BCUT2D eigenvalue weighted by molar-refractivity contribution is 0.0689. The highest BCUT2D eigenvalue weighted by molar-refractivity contribution is 5.94. The largest absolute Gasteiger partial charge is 0.335 e. The molecule has 1 aliphatic heterocycles. The van der Waals surface area contributed by atoms with Crippen LogP contribution in [0, 0.1) is 0 Å². The van der Waals surface area contributed by atoms with Gasteiger partial charge in [-0.2, -0.15) is 0 Å². The fourth-order valence-electron chi connectivity index (χ4n) is 2.34. The molecule has 1 aliphatic rings. The normalized spacial score (nSPS) is 19.2. The van der Waals surface area contributed by atoms with Gasteiger partial charge in [0.05, 0.1) is 0 Å². The van der Waals surface area contributed by atoms with Gasteiger partial charge in [0.25, 0.3) is 5.91 Å². The van der Waals surface area contributed by atoms with Crippen molar-refractivity contribution >= 4 is 5.91 Å². The third kappa shape index (κ3) is 3.07. The quantitative estimate of drug-likeness (QED) is 0.880. The third-order valence-corrected chi connectivity index (χ3v) is 3.39. The zero-order valence-corrected chi connectivity index (χ0v) is 11.1. The van der Waals surface area contributed by atoms with Crippen molar-refractivity contribution in [3.63, 3.8) is 0 Å². The number of carbonyl (C=O) groups is 1. The number of nitrogens with zero attached hydrogens (tertiary/aromatic N) is 2. The maximum atomic E-state index is 12.4. The number of nitrogens with one attached hydrogen (secondary N) is 1. The molecule has 4 nitrogen and oxygen atoms in total. The highest BCUT2D eigenvalue weighted by Gasteiger charge is 2.24. The maximum Gasteiger partial charge on any atom is 0.254 e. The van der Waals surface area contributed by atoms with E-state index in [-0.39, 0.29) is 11.9 Å². The van der Waals surface area contributed by atoms with Gasteiger partial charge in [-0.25, -0.2) is 0 Å². The Morgan fingerprint density at radius 1 is 1.50 bits per heavy atom. The zero-order valence-electron chi connectivity index (χ0n) is 11.1. The predicted octanol–water partition coefficient (Wildman–Crippen LogP) is 1.68. The minimum Gasteiger partial charge on any atom is -0.335 e. The van der Waals surface area contributed by atoms with Crippen molar-refractivity contribution in [1.29, 1.82) is 0 Å². The molecule has 1 N–H and O–H groups in total. The van der Waals surface area contributed by atoms with Crippen LogP contribution in [0.1, 0.15) is 37.0 Å². The van der Waals surface area contributed by atoms with Crippen LogP contribution in [0.2, 0.25) is 0 Å². The molecule has 1 fully saturated rings. The Hall–Kier alpha value is -1.42. The Morgan fingerprint density at radius 2 is 2.22 bits per heavy atom.